The number of nitrogens with zero attached hydrogens (tertiary/aromatic N) is 1. The quantitative estimate of drug-likeness (QED) is 0.781. The zero-order valence-corrected chi connectivity index (χ0v) is 11.2. The number of nitrogens with one attached hydrogen (secondary N) is 3. The Morgan fingerprint density at radius 1 is 1.40 bits per heavy atom. The lowest BCUT2D eigenvalue weighted by Crippen LogP contribution is -2.24. The van der Waals surface area contributed by atoms with Crippen molar-refractivity contribution in [3.05, 3.63) is 46.0 Å². The SMILES string of the molecule is COc1c(Nc2cccc3c2CCNC3)nc[nH]c1=O. The van der Waals surface area contributed by atoms with Crippen LogP contribution in [0.25, 0.3) is 0 Å². The van der Waals surface area contributed by atoms with Crippen molar-refractivity contribution in [3.63, 3.8) is 0 Å². The van der Waals surface area contributed by atoms with Crippen LogP contribution in [0.3, 0.4) is 0 Å². The molecule has 0 saturated carbocycles. The molecule has 3 rings (SSSR count). The number of aromatic nitrogens is 2. The average molecular weight is 272 g/mol. The van der Waals surface area contributed by atoms with E-state index in [0.717, 1.165) is 25.2 Å². The van der Waals surface area contributed by atoms with Crippen LogP contribution in [-0.2, 0) is 13.0 Å². The Morgan fingerprint density at radius 2 is 2.30 bits per heavy atom. The molecule has 2 heterocycles. The number of anilines is 2. The molecule has 104 valence electrons. The van der Waals surface area contributed by atoms with E-state index >= 15 is 0 Å². The van der Waals surface area contributed by atoms with Gasteiger partial charge in [-0.25, -0.2) is 4.98 Å². The fourth-order valence-electron chi connectivity index (χ4n) is 2.44. The highest BCUT2D eigenvalue weighted by atomic mass is 16.5. The predicted octanol–water partition coefficient (Wildman–Crippen LogP) is 1.17. The Bertz CT molecular complexity index is 681. The summed E-state index contributed by atoms with van der Waals surface area (Å²) in [5.41, 5.74) is 3.21. The van der Waals surface area contributed by atoms with Gasteiger partial charge in [0.2, 0.25) is 5.75 Å². The molecule has 2 aromatic rings. The molecule has 0 saturated heterocycles. The first-order chi connectivity index (χ1) is 9.79. The van der Waals surface area contributed by atoms with E-state index in [9.17, 15) is 4.79 Å². The minimum atomic E-state index is -0.295. The van der Waals surface area contributed by atoms with Crippen LogP contribution in [0, 0.1) is 0 Å². The molecule has 0 aliphatic carbocycles. The van der Waals surface area contributed by atoms with Crippen molar-refractivity contribution >= 4 is 11.5 Å². The standard InChI is InChI=1S/C14H16N4O2/c1-20-12-13(16-8-17-14(12)19)18-11-4-2-3-9-7-15-6-5-10(9)11/h2-4,8,15H,5-7H2,1H3,(H2,16,17,18,19). The molecule has 1 aromatic heterocycles. The van der Waals surface area contributed by atoms with E-state index in [1.165, 1.54) is 24.6 Å². The highest BCUT2D eigenvalue weighted by Crippen LogP contribution is 2.27. The lowest BCUT2D eigenvalue weighted by Gasteiger charge is -2.21. The van der Waals surface area contributed by atoms with Crippen LogP contribution in [0.4, 0.5) is 11.5 Å². The van der Waals surface area contributed by atoms with Crippen LogP contribution < -0.4 is 20.9 Å². The fraction of sp³-hybridized carbons (Fsp3) is 0.286. The molecule has 1 aromatic carbocycles. The highest BCUT2D eigenvalue weighted by molar-refractivity contribution is 5.66. The van der Waals surface area contributed by atoms with Crippen molar-refractivity contribution in [3.8, 4) is 5.75 Å². The van der Waals surface area contributed by atoms with Crippen molar-refractivity contribution in [2.24, 2.45) is 0 Å². The summed E-state index contributed by atoms with van der Waals surface area (Å²) in [5.74, 6) is 0.627. The van der Waals surface area contributed by atoms with E-state index in [-0.39, 0.29) is 11.3 Å². The van der Waals surface area contributed by atoms with Crippen molar-refractivity contribution in [2.75, 3.05) is 19.0 Å². The predicted molar refractivity (Wildman–Crippen MR) is 76.5 cm³/mol. The molecule has 0 atom stereocenters. The van der Waals surface area contributed by atoms with Gasteiger partial charge >= 0.3 is 0 Å². The lowest BCUT2D eigenvalue weighted by atomic mass is 9.99. The zero-order valence-electron chi connectivity index (χ0n) is 11.2. The van der Waals surface area contributed by atoms with Crippen LogP contribution in [-0.4, -0.2) is 23.6 Å². The van der Waals surface area contributed by atoms with Crippen molar-refractivity contribution in [2.45, 2.75) is 13.0 Å². The molecule has 0 amide bonds. The maximum atomic E-state index is 11.7. The van der Waals surface area contributed by atoms with Crippen LogP contribution in [0.15, 0.2) is 29.3 Å². The average Bonchev–Trinajstić information content (AvgIpc) is 2.48. The monoisotopic (exact) mass is 272 g/mol. The second kappa shape index (κ2) is 5.34. The second-order valence-corrected chi connectivity index (χ2v) is 4.61. The van der Waals surface area contributed by atoms with Crippen molar-refractivity contribution in [1.29, 1.82) is 0 Å². The fourth-order valence-corrected chi connectivity index (χ4v) is 2.44. The number of rotatable bonds is 3. The maximum Gasteiger partial charge on any atom is 0.295 e. The Balaban J connectivity index is 2.00. The van der Waals surface area contributed by atoms with Gasteiger partial charge in [-0.1, -0.05) is 12.1 Å². The molecule has 1 aliphatic heterocycles. The summed E-state index contributed by atoms with van der Waals surface area (Å²) >= 11 is 0. The molecule has 1 aliphatic rings. The Morgan fingerprint density at radius 3 is 3.15 bits per heavy atom. The molecule has 0 radical (unpaired) electrons. The van der Waals surface area contributed by atoms with Gasteiger partial charge in [-0.3, -0.25) is 4.79 Å². The third-order valence-corrected chi connectivity index (χ3v) is 3.41. The van der Waals surface area contributed by atoms with E-state index in [1.807, 2.05) is 12.1 Å². The van der Waals surface area contributed by atoms with Crippen LogP contribution in [0.2, 0.25) is 0 Å². The molecule has 6 heteroatoms. The number of hydrogen-bond acceptors (Lipinski definition) is 5. The normalized spacial score (nSPS) is 13.7. The first-order valence-electron chi connectivity index (χ1n) is 6.50. The van der Waals surface area contributed by atoms with E-state index in [1.54, 1.807) is 0 Å². The van der Waals surface area contributed by atoms with Crippen LogP contribution in [0.5, 0.6) is 5.75 Å². The lowest BCUT2D eigenvalue weighted by molar-refractivity contribution is 0.408. The first kappa shape index (κ1) is 12.7. The summed E-state index contributed by atoms with van der Waals surface area (Å²) < 4.78 is 5.11. The van der Waals surface area contributed by atoms with Crippen LogP contribution in [0.1, 0.15) is 11.1 Å². The van der Waals surface area contributed by atoms with Gasteiger partial charge in [0.05, 0.1) is 13.4 Å². The summed E-state index contributed by atoms with van der Waals surface area (Å²) in [6, 6.07) is 6.09. The van der Waals surface area contributed by atoms with Gasteiger partial charge in [0.15, 0.2) is 5.82 Å². The maximum absolute atomic E-state index is 11.7. The van der Waals surface area contributed by atoms with Gasteiger partial charge < -0.3 is 20.4 Å². The summed E-state index contributed by atoms with van der Waals surface area (Å²) in [6.07, 6.45) is 2.31. The summed E-state index contributed by atoms with van der Waals surface area (Å²) in [6.45, 7) is 1.82. The molecule has 20 heavy (non-hydrogen) atoms. The van der Waals surface area contributed by atoms with E-state index in [0.29, 0.717) is 5.82 Å². The smallest absolute Gasteiger partial charge is 0.295 e. The summed E-state index contributed by atoms with van der Waals surface area (Å²) in [7, 11) is 1.46. The van der Waals surface area contributed by atoms with Gasteiger partial charge in [0, 0.05) is 12.2 Å². The summed E-state index contributed by atoms with van der Waals surface area (Å²) in [4.78, 5) is 18.3. The molecular weight excluding hydrogens is 256 g/mol. The molecule has 0 unspecified atom stereocenters. The number of benzene rings is 1. The number of H-pyrrole nitrogens is 1. The summed E-state index contributed by atoms with van der Waals surface area (Å²) in [5, 5.41) is 6.55. The van der Waals surface area contributed by atoms with Gasteiger partial charge in [-0.2, -0.15) is 0 Å². The number of ether oxygens (including phenoxy) is 1. The van der Waals surface area contributed by atoms with Crippen molar-refractivity contribution in [1.82, 2.24) is 15.3 Å². The van der Waals surface area contributed by atoms with Gasteiger partial charge in [0.1, 0.15) is 0 Å². The van der Waals surface area contributed by atoms with E-state index in [2.05, 4.69) is 26.7 Å². The second-order valence-electron chi connectivity index (χ2n) is 4.61. The molecule has 0 bridgehead atoms. The first-order valence-corrected chi connectivity index (χ1v) is 6.50. The minimum Gasteiger partial charge on any atom is -0.489 e. The molecule has 0 spiro atoms. The van der Waals surface area contributed by atoms with E-state index < -0.39 is 0 Å². The van der Waals surface area contributed by atoms with E-state index in [4.69, 9.17) is 4.74 Å². The Labute approximate surface area is 116 Å². The van der Waals surface area contributed by atoms with Gasteiger partial charge in [-0.05, 0) is 30.2 Å². The van der Waals surface area contributed by atoms with Crippen molar-refractivity contribution < 1.29 is 4.74 Å². The molecule has 0 fully saturated rings. The topological polar surface area (TPSA) is 79.0 Å². The Kier molecular flexibility index (Phi) is 3.39. The highest BCUT2D eigenvalue weighted by Gasteiger charge is 2.15. The number of aromatic amines is 1. The van der Waals surface area contributed by atoms with Crippen LogP contribution >= 0.6 is 0 Å². The number of hydrogen-bond donors (Lipinski definition) is 3. The zero-order chi connectivity index (χ0) is 13.9. The molecule has 6 nitrogen and oxygen atoms in total. The minimum absolute atomic E-state index is 0.194. The third-order valence-electron chi connectivity index (χ3n) is 3.41. The number of methoxy groups -OCH3 is 1. The largest absolute Gasteiger partial charge is 0.489 e. The number of fused-ring (bicyclic) bond motifs is 1. The molecular formula is C14H16N4O2. The molecule has 3 N–H and O–H groups in total. The Hall–Kier alpha value is -2.34. The third kappa shape index (κ3) is 2.25. The van der Waals surface area contributed by atoms with Gasteiger partial charge in [0.25, 0.3) is 5.56 Å². The van der Waals surface area contributed by atoms with Gasteiger partial charge in [-0.15, -0.1) is 0 Å².